The van der Waals surface area contributed by atoms with E-state index < -0.39 is 0 Å². The van der Waals surface area contributed by atoms with Crippen molar-refractivity contribution >= 4 is 34.3 Å². The summed E-state index contributed by atoms with van der Waals surface area (Å²) in [7, 11) is 1.40. The minimum absolute atomic E-state index is 0.218. The zero-order valence-electron chi connectivity index (χ0n) is 10.1. The zero-order valence-corrected chi connectivity index (χ0v) is 11.7. The standard InChI is InChI=1S/C11H19NO2S2/c1-8-5-4-6-9(2)12(8)11(15)16-7-10(13)14-3/h8-9H,4-7H2,1-3H3/t8-,9-/m1/s1. The number of piperidine rings is 1. The van der Waals surface area contributed by atoms with Gasteiger partial charge in [-0.1, -0.05) is 24.0 Å². The average Bonchev–Trinajstić information content (AvgIpc) is 2.25. The monoisotopic (exact) mass is 261 g/mol. The van der Waals surface area contributed by atoms with E-state index >= 15 is 0 Å². The molecule has 0 N–H and O–H groups in total. The van der Waals surface area contributed by atoms with Crippen LogP contribution in [0.15, 0.2) is 0 Å². The zero-order chi connectivity index (χ0) is 12.1. The fraction of sp³-hybridized carbons (Fsp3) is 0.818. The molecule has 0 bridgehead atoms. The third-order valence-corrected chi connectivity index (χ3v) is 4.35. The van der Waals surface area contributed by atoms with Crippen molar-refractivity contribution in [1.29, 1.82) is 0 Å². The summed E-state index contributed by atoms with van der Waals surface area (Å²) in [6, 6.07) is 0.975. The van der Waals surface area contributed by atoms with Crippen molar-refractivity contribution in [2.75, 3.05) is 12.9 Å². The quantitative estimate of drug-likeness (QED) is 0.562. The van der Waals surface area contributed by atoms with Crippen LogP contribution in [0.25, 0.3) is 0 Å². The van der Waals surface area contributed by atoms with Crippen LogP contribution in [0, 0.1) is 0 Å². The normalized spacial score (nSPS) is 25.3. The molecule has 2 atom stereocenters. The molecule has 1 aliphatic heterocycles. The molecule has 0 aromatic heterocycles. The van der Waals surface area contributed by atoms with Crippen molar-refractivity contribution in [3.63, 3.8) is 0 Å². The van der Waals surface area contributed by atoms with Crippen molar-refractivity contribution in [3.05, 3.63) is 0 Å². The number of carbonyl (C=O) groups is 1. The Morgan fingerprint density at radius 1 is 1.44 bits per heavy atom. The van der Waals surface area contributed by atoms with Crippen LogP contribution >= 0.6 is 24.0 Å². The Hall–Kier alpha value is -0.290. The molecule has 3 nitrogen and oxygen atoms in total. The Bertz CT molecular complexity index is 261. The molecule has 1 rings (SSSR count). The van der Waals surface area contributed by atoms with E-state index in [0.29, 0.717) is 17.8 Å². The number of likely N-dealkylation sites (tertiary alicyclic amines) is 1. The first-order chi connectivity index (χ1) is 7.56. The molecular formula is C11H19NO2S2. The van der Waals surface area contributed by atoms with Crippen LogP contribution in [0.4, 0.5) is 0 Å². The number of thiocarbonyl (C=S) groups is 1. The fourth-order valence-electron chi connectivity index (χ4n) is 2.04. The first-order valence-electron chi connectivity index (χ1n) is 5.58. The number of esters is 1. The Labute approximate surface area is 107 Å². The average molecular weight is 261 g/mol. The van der Waals surface area contributed by atoms with Gasteiger partial charge in [-0.2, -0.15) is 0 Å². The van der Waals surface area contributed by atoms with Gasteiger partial charge in [0, 0.05) is 12.1 Å². The molecule has 0 aliphatic carbocycles. The third kappa shape index (κ3) is 3.63. The summed E-state index contributed by atoms with van der Waals surface area (Å²) in [5, 5.41) is 0. The van der Waals surface area contributed by atoms with E-state index in [4.69, 9.17) is 12.2 Å². The van der Waals surface area contributed by atoms with Crippen LogP contribution in [0.5, 0.6) is 0 Å². The van der Waals surface area contributed by atoms with Crippen molar-refractivity contribution in [2.24, 2.45) is 0 Å². The van der Waals surface area contributed by atoms with Crippen LogP contribution in [-0.2, 0) is 9.53 Å². The molecule has 0 amide bonds. The Kier molecular flexibility index (Phi) is 5.55. The molecule has 0 aromatic carbocycles. The number of hydrogen-bond donors (Lipinski definition) is 0. The van der Waals surface area contributed by atoms with Gasteiger partial charge in [0.25, 0.3) is 0 Å². The lowest BCUT2D eigenvalue weighted by Crippen LogP contribution is -2.45. The molecule has 92 valence electrons. The minimum atomic E-state index is -0.218. The third-order valence-electron chi connectivity index (χ3n) is 2.95. The van der Waals surface area contributed by atoms with Gasteiger partial charge in [0.1, 0.15) is 4.32 Å². The van der Waals surface area contributed by atoms with Crippen molar-refractivity contribution in [1.82, 2.24) is 4.90 Å². The highest BCUT2D eigenvalue weighted by Crippen LogP contribution is 2.26. The topological polar surface area (TPSA) is 29.5 Å². The number of rotatable bonds is 2. The molecule has 0 spiro atoms. The molecule has 1 heterocycles. The van der Waals surface area contributed by atoms with Crippen LogP contribution < -0.4 is 0 Å². The number of nitrogens with zero attached hydrogens (tertiary/aromatic N) is 1. The lowest BCUT2D eigenvalue weighted by Gasteiger charge is -2.40. The number of hydrogen-bond acceptors (Lipinski definition) is 4. The van der Waals surface area contributed by atoms with Gasteiger partial charge in [0.15, 0.2) is 0 Å². The molecular weight excluding hydrogens is 242 g/mol. The second-order valence-corrected chi connectivity index (χ2v) is 5.78. The van der Waals surface area contributed by atoms with Gasteiger partial charge in [-0.25, -0.2) is 0 Å². The summed E-state index contributed by atoms with van der Waals surface area (Å²) in [5.74, 6) is 0.0929. The largest absolute Gasteiger partial charge is 0.468 e. The highest BCUT2D eigenvalue weighted by molar-refractivity contribution is 8.23. The summed E-state index contributed by atoms with van der Waals surface area (Å²) < 4.78 is 5.43. The highest BCUT2D eigenvalue weighted by Gasteiger charge is 2.27. The maximum Gasteiger partial charge on any atom is 0.316 e. The summed E-state index contributed by atoms with van der Waals surface area (Å²) in [4.78, 5) is 13.3. The Balaban J connectivity index is 2.47. The van der Waals surface area contributed by atoms with Crippen molar-refractivity contribution in [2.45, 2.75) is 45.2 Å². The smallest absolute Gasteiger partial charge is 0.316 e. The van der Waals surface area contributed by atoms with E-state index in [1.54, 1.807) is 0 Å². The highest BCUT2D eigenvalue weighted by atomic mass is 32.2. The van der Waals surface area contributed by atoms with E-state index in [9.17, 15) is 4.79 Å². The molecule has 16 heavy (non-hydrogen) atoms. The maximum atomic E-state index is 11.0. The number of carbonyl (C=O) groups excluding carboxylic acids is 1. The van der Waals surface area contributed by atoms with Crippen LogP contribution in [0.1, 0.15) is 33.1 Å². The molecule has 0 saturated carbocycles. The number of thioether (sulfide) groups is 1. The predicted octanol–water partition coefficient (Wildman–Crippen LogP) is 2.44. The van der Waals surface area contributed by atoms with Gasteiger partial charge in [-0.3, -0.25) is 4.79 Å². The first kappa shape index (κ1) is 13.8. The Morgan fingerprint density at radius 2 is 2.00 bits per heavy atom. The molecule has 1 aliphatic rings. The fourth-order valence-corrected chi connectivity index (χ4v) is 3.44. The van der Waals surface area contributed by atoms with E-state index in [0.717, 1.165) is 4.32 Å². The first-order valence-corrected chi connectivity index (χ1v) is 6.97. The summed E-state index contributed by atoms with van der Waals surface area (Å²) in [6.45, 7) is 4.39. The van der Waals surface area contributed by atoms with Gasteiger partial charge in [0.2, 0.25) is 0 Å². The SMILES string of the molecule is COC(=O)CSC(=S)N1[C@H](C)CCC[C@H]1C. The van der Waals surface area contributed by atoms with Crippen molar-refractivity contribution < 1.29 is 9.53 Å². The minimum Gasteiger partial charge on any atom is -0.468 e. The van der Waals surface area contributed by atoms with Crippen molar-refractivity contribution in [3.8, 4) is 0 Å². The van der Waals surface area contributed by atoms with E-state index in [2.05, 4.69) is 23.5 Å². The van der Waals surface area contributed by atoms with E-state index in [1.807, 2.05) is 0 Å². The van der Waals surface area contributed by atoms with Gasteiger partial charge in [0.05, 0.1) is 12.9 Å². The predicted molar refractivity (Wildman–Crippen MR) is 71.7 cm³/mol. The van der Waals surface area contributed by atoms with Crippen LogP contribution in [0.3, 0.4) is 0 Å². The van der Waals surface area contributed by atoms with Gasteiger partial charge in [-0.15, -0.1) is 0 Å². The molecule has 0 unspecified atom stereocenters. The molecule has 0 aromatic rings. The Morgan fingerprint density at radius 3 is 2.50 bits per heavy atom. The lowest BCUT2D eigenvalue weighted by atomic mass is 9.99. The van der Waals surface area contributed by atoms with E-state index in [1.165, 1.54) is 38.1 Å². The molecule has 1 fully saturated rings. The lowest BCUT2D eigenvalue weighted by molar-refractivity contribution is -0.137. The molecule has 1 saturated heterocycles. The molecule has 5 heteroatoms. The van der Waals surface area contributed by atoms with Gasteiger partial charge in [-0.05, 0) is 33.1 Å². The molecule has 0 radical (unpaired) electrons. The second-order valence-electron chi connectivity index (χ2n) is 4.17. The summed E-state index contributed by atoms with van der Waals surface area (Å²) in [6.07, 6.45) is 3.63. The van der Waals surface area contributed by atoms with Crippen LogP contribution in [0.2, 0.25) is 0 Å². The van der Waals surface area contributed by atoms with E-state index in [-0.39, 0.29) is 5.97 Å². The van der Waals surface area contributed by atoms with Gasteiger partial charge >= 0.3 is 5.97 Å². The van der Waals surface area contributed by atoms with Crippen LogP contribution in [-0.4, -0.2) is 40.1 Å². The summed E-state index contributed by atoms with van der Waals surface area (Å²) >= 11 is 6.78. The number of methoxy groups -OCH3 is 1. The number of ether oxygens (including phenoxy) is 1. The van der Waals surface area contributed by atoms with Gasteiger partial charge < -0.3 is 9.64 Å². The maximum absolute atomic E-state index is 11.0. The second kappa shape index (κ2) is 6.45. The summed E-state index contributed by atoms with van der Waals surface area (Å²) in [5.41, 5.74) is 0.